The molecule has 19 heavy (non-hydrogen) atoms. The topological polar surface area (TPSA) is 40.5 Å². The summed E-state index contributed by atoms with van der Waals surface area (Å²) in [6, 6.07) is 8.61. The predicted octanol–water partition coefficient (Wildman–Crippen LogP) is 3.35. The molecule has 3 nitrogen and oxygen atoms in total. The van der Waals surface area contributed by atoms with Crippen LogP contribution in [0.1, 0.15) is 44.7 Å². The van der Waals surface area contributed by atoms with Crippen molar-refractivity contribution in [2.75, 3.05) is 13.1 Å². The van der Waals surface area contributed by atoms with E-state index in [0.29, 0.717) is 12.5 Å². The van der Waals surface area contributed by atoms with Crippen LogP contribution in [0.2, 0.25) is 0 Å². The highest BCUT2D eigenvalue weighted by Gasteiger charge is 2.15. The second-order valence-corrected chi connectivity index (χ2v) is 5.46. The number of carboxylic acid groups (broad SMARTS) is 1. The average Bonchev–Trinajstić information content (AvgIpc) is 2.38. The SMILES string of the molecule is CCN(Cc1ccc(C(C)C)cc1)CC(C)C(=O)O. The van der Waals surface area contributed by atoms with Gasteiger partial charge < -0.3 is 5.11 Å². The molecule has 0 aliphatic carbocycles. The lowest BCUT2D eigenvalue weighted by Crippen LogP contribution is -2.31. The van der Waals surface area contributed by atoms with Gasteiger partial charge in [0.1, 0.15) is 0 Å². The molecule has 1 aromatic rings. The van der Waals surface area contributed by atoms with Gasteiger partial charge in [-0.15, -0.1) is 0 Å². The Bertz CT molecular complexity index is 398. The van der Waals surface area contributed by atoms with E-state index in [1.54, 1.807) is 6.92 Å². The van der Waals surface area contributed by atoms with Gasteiger partial charge in [-0.05, 0) is 23.6 Å². The third kappa shape index (κ3) is 5.03. The Hall–Kier alpha value is -1.35. The fourth-order valence-electron chi connectivity index (χ4n) is 2.04. The Morgan fingerprint density at radius 1 is 1.21 bits per heavy atom. The van der Waals surface area contributed by atoms with E-state index in [4.69, 9.17) is 5.11 Å². The van der Waals surface area contributed by atoms with Crippen molar-refractivity contribution in [1.82, 2.24) is 4.90 Å². The summed E-state index contributed by atoms with van der Waals surface area (Å²) in [6.07, 6.45) is 0. The minimum Gasteiger partial charge on any atom is -0.481 e. The molecule has 106 valence electrons. The molecule has 0 fully saturated rings. The van der Waals surface area contributed by atoms with Gasteiger partial charge in [0.2, 0.25) is 0 Å². The van der Waals surface area contributed by atoms with Crippen molar-refractivity contribution in [3.8, 4) is 0 Å². The van der Waals surface area contributed by atoms with E-state index < -0.39 is 5.97 Å². The quantitative estimate of drug-likeness (QED) is 0.820. The molecule has 0 aliphatic rings. The minimum atomic E-state index is -0.728. The molecule has 0 heterocycles. The molecule has 0 radical (unpaired) electrons. The van der Waals surface area contributed by atoms with Crippen LogP contribution in [0.15, 0.2) is 24.3 Å². The van der Waals surface area contributed by atoms with Crippen LogP contribution in [0.25, 0.3) is 0 Å². The van der Waals surface area contributed by atoms with Crippen LogP contribution >= 0.6 is 0 Å². The van der Waals surface area contributed by atoms with Gasteiger partial charge in [0.15, 0.2) is 0 Å². The minimum absolute atomic E-state index is 0.324. The Morgan fingerprint density at radius 2 is 1.79 bits per heavy atom. The second-order valence-electron chi connectivity index (χ2n) is 5.46. The Labute approximate surface area is 116 Å². The van der Waals surface area contributed by atoms with E-state index in [1.165, 1.54) is 11.1 Å². The Balaban J connectivity index is 2.62. The van der Waals surface area contributed by atoms with Crippen molar-refractivity contribution in [2.24, 2.45) is 5.92 Å². The third-order valence-corrected chi connectivity index (χ3v) is 3.45. The van der Waals surface area contributed by atoms with Crippen molar-refractivity contribution in [2.45, 2.75) is 40.2 Å². The highest BCUT2D eigenvalue weighted by atomic mass is 16.4. The molecule has 1 rings (SSSR count). The smallest absolute Gasteiger partial charge is 0.307 e. The summed E-state index contributed by atoms with van der Waals surface area (Å²) in [6.45, 7) is 10.5. The first-order valence-corrected chi connectivity index (χ1v) is 6.98. The number of carbonyl (C=O) groups is 1. The molecule has 1 atom stereocenters. The normalized spacial score (nSPS) is 12.9. The number of aliphatic carboxylic acids is 1. The fraction of sp³-hybridized carbons (Fsp3) is 0.562. The summed E-state index contributed by atoms with van der Waals surface area (Å²) in [4.78, 5) is 13.1. The largest absolute Gasteiger partial charge is 0.481 e. The maximum Gasteiger partial charge on any atom is 0.307 e. The summed E-state index contributed by atoms with van der Waals surface area (Å²) in [7, 11) is 0. The van der Waals surface area contributed by atoms with E-state index in [9.17, 15) is 4.79 Å². The molecule has 1 N–H and O–H groups in total. The zero-order valence-corrected chi connectivity index (χ0v) is 12.4. The van der Waals surface area contributed by atoms with Gasteiger partial charge in [0.05, 0.1) is 5.92 Å². The summed E-state index contributed by atoms with van der Waals surface area (Å²) < 4.78 is 0. The summed E-state index contributed by atoms with van der Waals surface area (Å²) in [5, 5.41) is 8.96. The number of rotatable bonds is 7. The summed E-state index contributed by atoms with van der Waals surface area (Å²) in [5.74, 6) is -0.508. The third-order valence-electron chi connectivity index (χ3n) is 3.45. The molecule has 0 spiro atoms. The molecule has 0 bridgehead atoms. The van der Waals surface area contributed by atoms with E-state index in [1.807, 2.05) is 0 Å². The fourth-order valence-corrected chi connectivity index (χ4v) is 2.04. The monoisotopic (exact) mass is 263 g/mol. The van der Waals surface area contributed by atoms with Gasteiger partial charge in [-0.2, -0.15) is 0 Å². The second kappa shape index (κ2) is 7.29. The van der Waals surface area contributed by atoms with Crippen LogP contribution in [-0.2, 0) is 11.3 Å². The molecular formula is C16H25NO2. The standard InChI is InChI=1S/C16H25NO2/c1-5-17(10-13(4)16(18)19)11-14-6-8-15(9-7-14)12(2)3/h6-9,12-13H,5,10-11H2,1-4H3,(H,18,19). The number of hydrogen-bond acceptors (Lipinski definition) is 2. The lowest BCUT2D eigenvalue weighted by atomic mass is 10.0. The molecule has 0 aromatic heterocycles. The van der Waals surface area contributed by atoms with Crippen molar-refractivity contribution in [1.29, 1.82) is 0 Å². The maximum absolute atomic E-state index is 10.9. The Kier molecular flexibility index (Phi) is 6.03. The van der Waals surface area contributed by atoms with Gasteiger partial charge in [0.25, 0.3) is 0 Å². The predicted molar refractivity (Wildman–Crippen MR) is 78.3 cm³/mol. The molecule has 1 aromatic carbocycles. The first-order valence-electron chi connectivity index (χ1n) is 6.98. The summed E-state index contributed by atoms with van der Waals surface area (Å²) in [5.41, 5.74) is 2.58. The molecular weight excluding hydrogens is 238 g/mol. The van der Waals surface area contributed by atoms with Crippen molar-refractivity contribution >= 4 is 5.97 Å². The summed E-state index contributed by atoms with van der Waals surface area (Å²) >= 11 is 0. The van der Waals surface area contributed by atoms with Gasteiger partial charge >= 0.3 is 5.97 Å². The lowest BCUT2D eigenvalue weighted by molar-refractivity contribution is -0.141. The number of hydrogen-bond donors (Lipinski definition) is 1. The zero-order valence-electron chi connectivity index (χ0n) is 12.4. The van der Waals surface area contributed by atoms with Crippen LogP contribution in [0, 0.1) is 5.92 Å². The number of carboxylic acids is 1. The molecule has 0 saturated carbocycles. The van der Waals surface area contributed by atoms with Gasteiger partial charge in [-0.25, -0.2) is 0 Å². The highest BCUT2D eigenvalue weighted by Crippen LogP contribution is 2.16. The van der Waals surface area contributed by atoms with Crippen LogP contribution in [-0.4, -0.2) is 29.1 Å². The molecule has 1 unspecified atom stereocenters. The zero-order chi connectivity index (χ0) is 14.4. The van der Waals surface area contributed by atoms with E-state index in [0.717, 1.165) is 13.1 Å². The van der Waals surface area contributed by atoms with Crippen molar-refractivity contribution in [3.05, 3.63) is 35.4 Å². The van der Waals surface area contributed by atoms with Gasteiger partial charge in [-0.3, -0.25) is 9.69 Å². The molecule has 3 heteroatoms. The number of benzene rings is 1. The Morgan fingerprint density at radius 3 is 2.21 bits per heavy atom. The first-order chi connectivity index (χ1) is 8.93. The highest BCUT2D eigenvalue weighted by molar-refractivity contribution is 5.69. The van der Waals surface area contributed by atoms with Crippen LogP contribution in [0.5, 0.6) is 0 Å². The van der Waals surface area contributed by atoms with E-state index >= 15 is 0 Å². The van der Waals surface area contributed by atoms with Crippen molar-refractivity contribution < 1.29 is 9.90 Å². The van der Waals surface area contributed by atoms with Gasteiger partial charge in [0, 0.05) is 13.1 Å². The molecule has 0 saturated heterocycles. The lowest BCUT2D eigenvalue weighted by Gasteiger charge is -2.22. The maximum atomic E-state index is 10.9. The van der Waals surface area contributed by atoms with E-state index in [-0.39, 0.29) is 5.92 Å². The molecule has 0 amide bonds. The first kappa shape index (κ1) is 15.7. The number of nitrogens with zero attached hydrogens (tertiary/aromatic N) is 1. The van der Waals surface area contributed by atoms with Crippen molar-refractivity contribution in [3.63, 3.8) is 0 Å². The van der Waals surface area contributed by atoms with E-state index in [2.05, 4.69) is 49.9 Å². The van der Waals surface area contributed by atoms with Crippen LogP contribution < -0.4 is 0 Å². The average molecular weight is 263 g/mol. The van der Waals surface area contributed by atoms with Crippen LogP contribution in [0.3, 0.4) is 0 Å². The van der Waals surface area contributed by atoms with Crippen LogP contribution in [0.4, 0.5) is 0 Å². The molecule has 0 aliphatic heterocycles. The van der Waals surface area contributed by atoms with Gasteiger partial charge in [-0.1, -0.05) is 52.0 Å².